The lowest BCUT2D eigenvalue weighted by Crippen LogP contribution is -2.43. The Morgan fingerprint density at radius 1 is 1.46 bits per heavy atom. The van der Waals surface area contributed by atoms with Crippen LogP contribution in [-0.4, -0.2) is 66.8 Å². The summed E-state index contributed by atoms with van der Waals surface area (Å²) < 4.78 is 9.93. The van der Waals surface area contributed by atoms with Gasteiger partial charge in [-0.05, 0) is 24.6 Å². The standard InChI is InChI=1S/C19H27NO6/c1-12(22)19(2)11-20(15(7-8-21)18(24)26-4)10-14(19)13-5-6-17(25-3)16(23)9-13/h5-6,8-9,12,14-15,22-23H,7,10-11H2,1-4H3/t12-,14+,15+,19+/m1/s1. The quantitative estimate of drug-likeness (QED) is 0.556. The van der Waals surface area contributed by atoms with Crippen molar-refractivity contribution in [1.29, 1.82) is 0 Å². The number of aromatic hydroxyl groups is 1. The van der Waals surface area contributed by atoms with E-state index < -0.39 is 23.5 Å². The molecule has 0 bridgehead atoms. The van der Waals surface area contributed by atoms with Gasteiger partial charge in [0, 0.05) is 30.8 Å². The topological polar surface area (TPSA) is 96.3 Å². The Balaban J connectivity index is 2.39. The van der Waals surface area contributed by atoms with Gasteiger partial charge in [-0.15, -0.1) is 0 Å². The Morgan fingerprint density at radius 3 is 2.65 bits per heavy atom. The molecule has 7 heteroatoms. The molecular formula is C19H27NO6. The SMILES string of the molecule is COC(=O)[C@H](CC=O)N1C[C@@H](c2ccc(OC)c(O)c2)[C@](C)([C@@H](C)O)C1. The van der Waals surface area contributed by atoms with Gasteiger partial charge in [-0.3, -0.25) is 9.69 Å². The molecule has 1 fully saturated rings. The van der Waals surface area contributed by atoms with Crippen molar-refractivity contribution in [3.05, 3.63) is 23.8 Å². The fourth-order valence-electron chi connectivity index (χ4n) is 3.75. The molecule has 7 nitrogen and oxygen atoms in total. The van der Waals surface area contributed by atoms with Gasteiger partial charge in [0.2, 0.25) is 0 Å². The summed E-state index contributed by atoms with van der Waals surface area (Å²) in [6.07, 6.45) is 0.0769. The summed E-state index contributed by atoms with van der Waals surface area (Å²) in [4.78, 5) is 25.0. The molecule has 26 heavy (non-hydrogen) atoms. The highest BCUT2D eigenvalue weighted by atomic mass is 16.5. The molecule has 1 saturated heterocycles. The van der Waals surface area contributed by atoms with Crippen LogP contribution in [0.1, 0.15) is 31.7 Å². The number of phenolic OH excluding ortho intramolecular Hbond substituents is 1. The predicted molar refractivity (Wildman–Crippen MR) is 95.2 cm³/mol. The summed E-state index contributed by atoms with van der Waals surface area (Å²) in [6.45, 7) is 4.54. The number of likely N-dealkylation sites (tertiary alicyclic amines) is 1. The first-order chi connectivity index (χ1) is 12.3. The van der Waals surface area contributed by atoms with Crippen LogP contribution in [0.2, 0.25) is 0 Å². The summed E-state index contributed by atoms with van der Waals surface area (Å²) in [7, 11) is 2.77. The lowest BCUT2D eigenvalue weighted by molar-refractivity contribution is -0.147. The highest BCUT2D eigenvalue weighted by molar-refractivity contribution is 5.78. The van der Waals surface area contributed by atoms with Gasteiger partial charge in [0.1, 0.15) is 12.3 Å². The minimum atomic E-state index is -0.688. The number of aliphatic hydroxyl groups is 1. The molecular weight excluding hydrogens is 338 g/mol. The average Bonchev–Trinajstić information content (AvgIpc) is 2.97. The number of carbonyl (C=O) groups excluding carboxylic acids is 2. The summed E-state index contributed by atoms with van der Waals surface area (Å²) in [5.41, 5.74) is 0.278. The average molecular weight is 365 g/mol. The van der Waals surface area contributed by atoms with Crippen molar-refractivity contribution < 1.29 is 29.3 Å². The van der Waals surface area contributed by atoms with Gasteiger partial charge in [0.25, 0.3) is 0 Å². The van der Waals surface area contributed by atoms with Crippen LogP contribution >= 0.6 is 0 Å². The monoisotopic (exact) mass is 365 g/mol. The van der Waals surface area contributed by atoms with E-state index in [-0.39, 0.29) is 18.1 Å². The number of carbonyl (C=O) groups is 2. The molecule has 144 valence electrons. The molecule has 0 radical (unpaired) electrons. The molecule has 1 aromatic carbocycles. The van der Waals surface area contributed by atoms with E-state index in [0.717, 1.165) is 5.56 Å². The lowest BCUT2D eigenvalue weighted by atomic mass is 9.72. The number of rotatable bonds is 7. The number of hydrogen-bond acceptors (Lipinski definition) is 7. The number of ether oxygens (including phenoxy) is 2. The van der Waals surface area contributed by atoms with Gasteiger partial charge < -0.3 is 24.5 Å². The summed E-state index contributed by atoms with van der Waals surface area (Å²) in [6, 6.07) is 4.46. The molecule has 4 atom stereocenters. The highest BCUT2D eigenvalue weighted by Gasteiger charge is 2.49. The zero-order valence-electron chi connectivity index (χ0n) is 15.6. The van der Waals surface area contributed by atoms with Crippen molar-refractivity contribution in [3.63, 3.8) is 0 Å². The molecule has 1 aliphatic rings. The molecule has 0 aliphatic carbocycles. The maximum absolute atomic E-state index is 12.1. The van der Waals surface area contributed by atoms with Gasteiger partial charge in [-0.2, -0.15) is 0 Å². The Bertz CT molecular complexity index is 661. The number of aliphatic hydroxyl groups excluding tert-OH is 1. The van der Waals surface area contributed by atoms with E-state index in [2.05, 4.69) is 0 Å². The maximum atomic E-state index is 12.1. The van der Waals surface area contributed by atoms with E-state index in [4.69, 9.17) is 9.47 Å². The number of methoxy groups -OCH3 is 2. The highest BCUT2D eigenvalue weighted by Crippen LogP contribution is 2.47. The van der Waals surface area contributed by atoms with E-state index >= 15 is 0 Å². The molecule has 1 aromatic rings. The van der Waals surface area contributed by atoms with E-state index in [9.17, 15) is 19.8 Å². The van der Waals surface area contributed by atoms with Crippen molar-refractivity contribution in [3.8, 4) is 11.5 Å². The number of phenols is 1. The van der Waals surface area contributed by atoms with Crippen molar-refractivity contribution in [2.75, 3.05) is 27.3 Å². The third-order valence-corrected chi connectivity index (χ3v) is 5.55. The van der Waals surface area contributed by atoms with Gasteiger partial charge in [-0.25, -0.2) is 0 Å². The van der Waals surface area contributed by atoms with Crippen LogP contribution in [0.3, 0.4) is 0 Å². The molecule has 0 spiro atoms. The third kappa shape index (κ3) is 3.68. The second-order valence-corrected chi connectivity index (χ2v) is 7.04. The molecule has 0 aromatic heterocycles. The van der Waals surface area contributed by atoms with E-state index in [0.29, 0.717) is 25.1 Å². The summed E-state index contributed by atoms with van der Waals surface area (Å²) in [5, 5.41) is 20.6. The molecule has 2 rings (SSSR count). The van der Waals surface area contributed by atoms with Crippen LogP contribution in [-0.2, 0) is 14.3 Å². The minimum Gasteiger partial charge on any atom is -0.504 e. The van der Waals surface area contributed by atoms with Gasteiger partial charge >= 0.3 is 5.97 Å². The van der Waals surface area contributed by atoms with Crippen LogP contribution in [0, 0.1) is 5.41 Å². The Kier molecular flexibility index (Phi) is 6.26. The zero-order valence-corrected chi connectivity index (χ0v) is 15.6. The number of esters is 1. The largest absolute Gasteiger partial charge is 0.504 e. The normalized spacial score (nSPS) is 25.5. The van der Waals surface area contributed by atoms with Crippen molar-refractivity contribution >= 4 is 12.3 Å². The Hall–Kier alpha value is -2.12. The van der Waals surface area contributed by atoms with Gasteiger partial charge in [0.05, 0.1) is 20.3 Å². The maximum Gasteiger partial charge on any atom is 0.323 e. The van der Waals surface area contributed by atoms with E-state index in [1.54, 1.807) is 19.1 Å². The summed E-state index contributed by atoms with van der Waals surface area (Å²) in [5.74, 6) is -0.217. The van der Waals surface area contributed by atoms with E-state index in [1.807, 2.05) is 17.9 Å². The lowest BCUT2D eigenvalue weighted by Gasteiger charge is -2.34. The first kappa shape index (κ1) is 20.2. The molecule has 0 saturated carbocycles. The van der Waals surface area contributed by atoms with E-state index in [1.165, 1.54) is 14.2 Å². The predicted octanol–water partition coefficient (Wildman–Crippen LogP) is 1.32. The number of aldehydes is 1. The summed E-state index contributed by atoms with van der Waals surface area (Å²) >= 11 is 0. The van der Waals surface area contributed by atoms with Crippen LogP contribution < -0.4 is 4.74 Å². The van der Waals surface area contributed by atoms with Crippen LogP contribution in [0.15, 0.2) is 18.2 Å². The van der Waals surface area contributed by atoms with Crippen molar-refractivity contribution in [2.45, 2.75) is 38.3 Å². The Labute approximate surface area is 153 Å². The second-order valence-electron chi connectivity index (χ2n) is 7.04. The second kappa shape index (κ2) is 8.05. The third-order valence-electron chi connectivity index (χ3n) is 5.55. The van der Waals surface area contributed by atoms with Crippen molar-refractivity contribution in [1.82, 2.24) is 4.90 Å². The van der Waals surface area contributed by atoms with Crippen molar-refractivity contribution in [2.24, 2.45) is 5.41 Å². The molecule has 0 amide bonds. The first-order valence-electron chi connectivity index (χ1n) is 8.59. The Morgan fingerprint density at radius 2 is 2.15 bits per heavy atom. The number of benzene rings is 1. The van der Waals surface area contributed by atoms with Crippen LogP contribution in [0.5, 0.6) is 11.5 Å². The smallest absolute Gasteiger partial charge is 0.323 e. The first-order valence-corrected chi connectivity index (χ1v) is 8.59. The molecule has 1 aliphatic heterocycles. The molecule has 0 unspecified atom stereocenters. The molecule has 1 heterocycles. The fourth-order valence-corrected chi connectivity index (χ4v) is 3.75. The fraction of sp³-hybridized carbons (Fsp3) is 0.579. The number of hydrogen-bond donors (Lipinski definition) is 2. The zero-order chi connectivity index (χ0) is 19.5. The number of nitrogens with zero attached hydrogens (tertiary/aromatic N) is 1. The minimum absolute atomic E-state index is 0.0220. The van der Waals surface area contributed by atoms with Gasteiger partial charge in [-0.1, -0.05) is 13.0 Å². The van der Waals surface area contributed by atoms with Crippen LogP contribution in [0.25, 0.3) is 0 Å². The van der Waals surface area contributed by atoms with Gasteiger partial charge in [0.15, 0.2) is 11.5 Å². The van der Waals surface area contributed by atoms with Crippen LogP contribution in [0.4, 0.5) is 0 Å². The molecule has 2 N–H and O–H groups in total.